The number of fused-ring (bicyclic) bond motifs is 1. The van der Waals surface area contributed by atoms with E-state index in [0.717, 1.165) is 23.2 Å². The van der Waals surface area contributed by atoms with Crippen LogP contribution >= 0.6 is 11.8 Å². The minimum absolute atomic E-state index is 0.0571. The lowest BCUT2D eigenvalue weighted by Gasteiger charge is -2.19. The van der Waals surface area contributed by atoms with Crippen LogP contribution in [0.5, 0.6) is 0 Å². The molecule has 2 aromatic carbocycles. The van der Waals surface area contributed by atoms with Crippen LogP contribution in [0.25, 0.3) is 10.9 Å². The second-order valence-corrected chi connectivity index (χ2v) is 9.85. The third-order valence-electron chi connectivity index (χ3n) is 5.63. The van der Waals surface area contributed by atoms with E-state index < -0.39 is 0 Å². The Morgan fingerprint density at radius 2 is 1.76 bits per heavy atom. The van der Waals surface area contributed by atoms with Gasteiger partial charge in [-0.05, 0) is 49.4 Å². The van der Waals surface area contributed by atoms with E-state index in [0.29, 0.717) is 28.5 Å². The van der Waals surface area contributed by atoms with Crippen molar-refractivity contribution in [2.45, 2.75) is 45.8 Å². The number of benzene rings is 2. The van der Waals surface area contributed by atoms with Crippen LogP contribution in [0.3, 0.4) is 0 Å². The molecular formula is C26H32N4O3S. The highest BCUT2D eigenvalue weighted by molar-refractivity contribution is 7.99. The molecule has 1 heterocycles. The van der Waals surface area contributed by atoms with Crippen LogP contribution in [0, 0.1) is 19.8 Å². The van der Waals surface area contributed by atoms with Crippen LogP contribution in [0.15, 0.2) is 52.4 Å². The Labute approximate surface area is 204 Å². The first-order chi connectivity index (χ1) is 16.2. The number of hydrogen-bond donors (Lipinski definition) is 1. The van der Waals surface area contributed by atoms with Gasteiger partial charge >= 0.3 is 0 Å². The van der Waals surface area contributed by atoms with E-state index >= 15 is 0 Å². The lowest BCUT2D eigenvalue weighted by molar-refractivity contribution is -0.131. The fraction of sp³-hybridized carbons (Fsp3) is 0.385. The fourth-order valence-corrected chi connectivity index (χ4v) is 4.54. The molecule has 0 saturated carbocycles. The van der Waals surface area contributed by atoms with E-state index in [2.05, 4.69) is 24.1 Å². The monoisotopic (exact) mass is 480 g/mol. The quantitative estimate of drug-likeness (QED) is 0.366. The normalized spacial score (nSPS) is 11.1. The molecule has 0 radical (unpaired) electrons. The molecule has 0 fully saturated rings. The van der Waals surface area contributed by atoms with Gasteiger partial charge in [0.2, 0.25) is 11.8 Å². The number of rotatable bonds is 9. The van der Waals surface area contributed by atoms with Gasteiger partial charge in [0, 0.05) is 19.3 Å². The second-order valence-electron chi connectivity index (χ2n) is 8.90. The van der Waals surface area contributed by atoms with Crippen molar-refractivity contribution in [2.24, 2.45) is 5.92 Å². The van der Waals surface area contributed by atoms with Crippen LogP contribution < -0.4 is 10.9 Å². The Hall–Kier alpha value is -3.13. The molecule has 3 aromatic rings. The number of amides is 2. The zero-order valence-corrected chi connectivity index (χ0v) is 21.2. The number of anilines is 1. The Kier molecular flexibility index (Phi) is 8.50. The molecule has 180 valence electrons. The van der Waals surface area contributed by atoms with Crippen molar-refractivity contribution in [3.63, 3.8) is 0 Å². The van der Waals surface area contributed by atoms with Gasteiger partial charge in [0.05, 0.1) is 23.2 Å². The minimum Gasteiger partial charge on any atom is -0.336 e. The summed E-state index contributed by atoms with van der Waals surface area (Å²) in [7, 11) is 1.60. The lowest BCUT2D eigenvalue weighted by atomic mass is 10.1. The molecule has 8 heteroatoms. The third-order valence-corrected chi connectivity index (χ3v) is 6.59. The van der Waals surface area contributed by atoms with Crippen LogP contribution in [0.4, 0.5) is 5.69 Å². The Bertz CT molecular complexity index is 1230. The number of hydrogen-bond acceptors (Lipinski definition) is 5. The zero-order valence-electron chi connectivity index (χ0n) is 20.4. The maximum absolute atomic E-state index is 13.1. The summed E-state index contributed by atoms with van der Waals surface area (Å²) in [5, 5.41) is 4.00. The number of thioether (sulfide) groups is 1. The number of likely N-dealkylation sites (N-methyl/N-ethyl adjacent to an activating group) is 1. The average molecular weight is 481 g/mol. The predicted molar refractivity (Wildman–Crippen MR) is 138 cm³/mol. The highest BCUT2D eigenvalue weighted by Crippen LogP contribution is 2.21. The van der Waals surface area contributed by atoms with E-state index in [4.69, 9.17) is 0 Å². The number of carbonyl (C=O) groups is 2. The Morgan fingerprint density at radius 1 is 1.09 bits per heavy atom. The molecule has 0 spiro atoms. The van der Waals surface area contributed by atoms with E-state index in [-0.39, 0.29) is 29.7 Å². The van der Waals surface area contributed by atoms with Gasteiger partial charge in [0.1, 0.15) is 0 Å². The van der Waals surface area contributed by atoms with E-state index in [9.17, 15) is 14.4 Å². The van der Waals surface area contributed by atoms with Gasteiger partial charge in [-0.3, -0.25) is 19.0 Å². The molecule has 34 heavy (non-hydrogen) atoms. The molecule has 1 aromatic heterocycles. The number of aromatic nitrogens is 2. The molecule has 2 amide bonds. The molecule has 0 bridgehead atoms. The number of nitrogens with one attached hydrogen (secondary N) is 1. The maximum Gasteiger partial charge on any atom is 0.262 e. The summed E-state index contributed by atoms with van der Waals surface area (Å²) in [5.74, 6) is 0.0504. The van der Waals surface area contributed by atoms with E-state index in [1.807, 2.05) is 44.2 Å². The van der Waals surface area contributed by atoms with Crippen molar-refractivity contribution in [1.82, 2.24) is 14.5 Å². The second kappa shape index (κ2) is 11.3. The SMILES string of the molecule is Cc1cccc(C)c1NC(=O)CN(C)C(=O)CSc1nc2ccccc2c(=O)n1CCC(C)C. The average Bonchev–Trinajstić information content (AvgIpc) is 2.79. The van der Waals surface area contributed by atoms with Gasteiger partial charge in [0.25, 0.3) is 5.56 Å². The molecule has 0 saturated heterocycles. The standard InChI is InChI=1S/C26H32N4O3S/c1-17(2)13-14-30-25(33)20-11-6-7-12-21(20)27-26(30)34-16-23(32)29(5)15-22(31)28-24-18(3)9-8-10-19(24)4/h6-12,17H,13-16H2,1-5H3,(H,28,31). The number of nitrogens with zero attached hydrogens (tertiary/aromatic N) is 3. The van der Waals surface area contributed by atoms with Crippen LogP contribution in [-0.4, -0.2) is 45.6 Å². The summed E-state index contributed by atoms with van der Waals surface area (Å²) >= 11 is 1.23. The lowest BCUT2D eigenvalue weighted by Crippen LogP contribution is -2.36. The number of aryl methyl sites for hydroxylation is 2. The first-order valence-electron chi connectivity index (χ1n) is 11.4. The summed E-state index contributed by atoms with van der Waals surface area (Å²) in [6.07, 6.45) is 0.833. The molecular weight excluding hydrogens is 448 g/mol. The van der Waals surface area contributed by atoms with Crippen molar-refractivity contribution in [3.8, 4) is 0 Å². The minimum atomic E-state index is -0.254. The molecule has 0 atom stereocenters. The van der Waals surface area contributed by atoms with Crippen LogP contribution in [0.2, 0.25) is 0 Å². The number of carbonyl (C=O) groups excluding carboxylic acids is 2. The molecule has 0 aliphatic carbocycles. The molecule has 1 N–H and O–H groups in total. The highest BCUT2D eigenvalue weighted by Gasteiger charge is 2.18. The van der Waals surface area contributed by atoms with Crippen molar-refractivity contribution in [2.75, 3.05) is 24.7 Å². The van der Waals surface area contributed by atoms with Crippen molar-refractivity contribution in [1.29, 1.82) is 0 Å². The van der Waals surface area contributed by atoms with Crippen molar-refractivity contribution < 1.29 is 9.59 Å². The summed E-state index contributed by atoms with van der Waals surface area (Å²) in [4.78, 5) is 44.4. The van der Waals surface area contributed by atoms with Gasteiger partial charge in [-0.15, -0.1) is 0 Å². The topological polar surface area (TPSA) is 84.3 Å². The summed E-state index contributed by atoms with van der Waals surface area (Å²) in [6, 6.07) is 13.1. The van der Waals surface area contributed by atoms with E-state index in [1.165, 1.54) is 16.7 Å². The van der Waals surface area contributed by atoms with Gasteiger partial charge in [0.15, 0.2) is 5.16 Å². The smallest absolute Gasteiger partial charge is 0.262 e. The molecule has 0 unspecified atom stereocenters. The Balaban J connectivity index is 1.69. The fourth-order valence-electron chi connectivity index (χ4n) is 3.57. The van der Waals surface area contributed by atoms with Gasteiger partial charge in [-0.1, -0.05) is 55.9 Å². The van der Waals surface area contributed by atoms with Gasteiger partial charge in [-0.25, -0.2) is 4.98 Å². The summed E-state index contributed by atoms with van der Waals surface area (Å²) in [5.41, 5.74) is 3.24. The van der Waals surface area contributed by atoms with Gasteiger partial charge < -0.3 is 10.2 Å². The maximum atomic E-state index is 13.1. The first kappa shape index (κ1) is 25.5. The summed E-state index contributed by atoms with van der Waals surface area (Å²) in [6.45, 7) is 8.56. The molecule has 0 aliphatic rings. The Morgan fingerprint density at radius 3 is 2.44 bits per heavy atom. The summed E-state index contributed by atoms with van der Waals surface area (Å²) < 4.78 is 1.66. The van der Waals surface area contributed by atoms with Crippen LogP contribution in [-0.2, 0) is 16.1 Å². The molecule has 7 nitrogen and oxygen atoms in total. The van der Waals surface area contributed by atoms with Crippen molar-refractivity contribution in [3.05, 3.63) is 63.9 Å². The van der Waals surface area contributed by atoms with Gasteiger partial charge in [-0.2, -0.15) is 0 Å². The number of para-hydroxylation sites is 2. The largest absolute Gasteiger partial charge is 0.336 e. The molecule has 0 aliphatic heterocycles. The highest BCUT2D eigenvalue weighted by atomic mass is 32.2. The zero-order chi connectivity index (χ0) is 24.8. The van der Waals surface area contributed by atoms with Crippen LogP contribution in [0.1, 0.15) is 31.4 Å². The first-order valence-corrected chi connectivity index (χ1v) is 12.4. The van der Waals surface area contributed by atoms with Crippen molar-refractivity contribution >= 4 is 40.2 Å². The third kappa shape index (κ3) is 6.26. The predicted octanol–water partition coefficient (Wildman–Crippen LogP) is 4.25. The van der Waals surface area contributed by atoms with E-state index in [1.54, 1.807) is 23.7 Å². The molecule has 3 rings (SSSR count).